The van der Waals surface area contributed by atoms with E-state index in [1.807, 2.05) is 24.3 Å². The lowest BCUT2D eigenvalue weighted by Crippen LogP contribution is -2.20. The van der Waals surface area contributed by atoms with Gasteiger partial charge in [-0.15, -0.1) is 11.3 Å². The van der Waals surface area contributed by atoms with Crippen molar-refractivity contribution in [3.05, 3.63) is 39.8 Å². The molecule has 3 N–H and O–H groups in total. The molecule has 0 atom stereocenters. The summed E-state index contributed by atoms with van der Waals surface area (Å²) in [5, 5.41) is 6.13. The minimum atomic E-state index is -0.553. The fourth-order valence-electron chi connectivity index (χ4n) is 1.47. The molecule has 1 heterocycles. The Bertz CT molecular complexity index is 672. The molecule has 2 rings (SSSR count). The highest BCUT2D eigenvalue weighted by Crippen LogP contribution is 2.21. The first-order valence-corrected chi connectivity index (χ1v) is 7.75. The summed E-state index contributed by atoms with van der Waals surface area (Å²) in [7, 11) is 0. The first kappa shape index (κ1) is 15.5. The number of carbonyl (C=O) groups excluding carboxylic acids is 1. The van der Waals surface area contributed by atoms with E-state index in [0.29, 0.717) is 10.8 Å². The van der Waals surface area contributed by atoms with Crippen LogP contribution < -0.4 is 11.2 Å². The van der Waals surface area contributed by atoms with Crippen molar-refractivity contribution in [2.45, 2.75) is 6.92 Å². The lowest BCUT2D eigenvalue weighted by Gasteiger charge is -2.06. The molecule has 0 unspecified atom stereocenters. The number of rotatable bonds is 5. The van der Waals surface area contributed by atoms with Crippen LogP contribution in [-0.4, -0.2) is 23.3 Å². The third kappa shape index (κ3) is 4.02. The van der Waals surface area contributed by atoms with Gasteiger partial charge in [0.1, 0.15) is 5.69 Å². The number of halogens is 1. The summed E-state index contributed by atoms with van der Waals surface area (Å²) >= 11 is 4.63. The number of hydrogen-bond donors (Lipinski definition) is 2. The second-order valence-corrected chi connectivity index (χ2v) is 5.59. The van der Waals surface area contributed by atoms with Gasteiger partial charge in [0, 0.05) is 9.85 Å². The summed E-state index contributed by atoms with van der Waals surface area (Å²) in [5.74, 6) is -0.553. The second kappa shape index (κ2) is 7.19. The van der Waals surface area contributed by atoms with E-state index in [4.69, 9.17) is 10.5 Å². The van der Waals surface area contributed by atoms with Crippen LogP contribution in [0.15, 0.2) is 39.2 Å². The van der Waals surface area contributed by atoms with E-state index in [-0.39, 0.29) is 12.3 Å². The van der Waals surface area contributed by atoms with E-state index < -0.39 is 5.97 Å². The topological polar surface area (TPSA) is 89.6 Å². The van der Waals surface area contributed by atoms with Gasteiger partial charge in [-0.2, -0.15) is 5.10 Å². The number of ether oxygens (including phenoxy) is 1. The minimum Gasteiger partial charge on any atom is -0.461 e. The third-order valence-electron chi connectivity index (χ3n) is 2.40. The normalized spacial score (nSPS) is 11.2. The summed E-state index contributed by atoms with van der Waals surface area (Å²) in [4.78, 5) is 16.0. The van der Waals surface area contributed by atoms with Gasteiger partial charge in [0.05, 0.1) is 12.3 Å². The Morgan fingerprint density at radius 2 is 2.29 bits per heavy atom. The van der Waals surface area contributed by atoms with Crippen LogP contribution in [0.25, 0.3) is 0 Å². The standard InChI is InChI=1S/C13H13BrN4O2S/c1-2-20-12(19)11(10-7-21-13(15)16-10)18-17-9-6-4-3-5-8(9)14/h3-7,17H,2H2,1H3,(H2,15,16). The molecule has 2 aromatic rings. The van der Waals surface area contributed by atoms with Crippen molar-refractivity contribution in [3.8, 4) is 0 Å². The zero-order chi connectivity index (χ0) is 15.2. The summed E-state index contributed by atoms with van der Waals surface area (Å²) in [6.45, 7) is 1.98. The van der Waals surface area contributed by atoms with Crippen molar-refractivity contribution in [1.29, 1.82) is 0 Å². The van der Waals surface area contributed by atoms with Crippen LogP contribution in [0.5, 0.6) is 0 Å². The molecule has 0 bridgehead atoms. The van der Waals surface area contributed by atoms with Gasteiger partial charge in [-0.3, -0.25) is 5.43 Å². The van der Waals surface area contributed by atoms with Gasteiger partial charge >= 0.3 is 5.97 Å². The van der Waals surface area contributed by atoms with Crippen molar-refractivity contribution in [2.24, 2.45) is 5.10 Å². The van der Waals surface area contributed by atoms with Crippen LogP contribution in [0.2, 0.25) is 0 Å². The molecule has 0 aliphatic rings. The molecule has 0 amide bonds. The van der Waals surface area contributed by atoms with Crippen molar-refractivity contribution in [1.82, 2.24) is 4.98 Å². The van der Waals surface area contributed by atoms with E-state index in [0.717, 1.165) is 10.2 Å². The number of para-hydroxylation sites is 1. The third-order valence-corrected chi connectivity index (χ3v) is 3.76. The highest BCUT2D eigenvalue weighted by molar-refractivity contribution is 9.10. The van der Waals surface area contributed by atoms with Crippen LogP contribution in [0.1, 0.15) is 12.6 Å². The predicted octanol–water partition coefficient (Wildman–Crippen LogP) is 2.87. The highest BCUT2D eigenvalue weighted by Gasteiger charge is 2.18. The molecule has 110 valence electrons. The zero-order valence-electron chi connectivity index (χ0n) is 11.2. The second-order valence-electron chi connectivity index (χ2n) is 3.84. The Kier molecular flexibility index (Phi) is 5.29. The first-order chi connectivity index (χ1) is 10.1. The molecule has 0 saturated heterocycles. The summed E-state index contributed by atoms with van der Waals surface area (Å²) in [6.07, 6.45) is 0. The summed E-state index contributed by atoms with van der Waals surface area (Å²) in [5.41, 5.74) is 9.61. The van der Waals surface area contributed by atoms with Gasteiger partial charge in [0.25, 0.3) is 0 Å². The first-order valence-electron chi connectivity index (χ1n) is 6.08. The number of aromatic nitrogens is 1. The number of anilines is 2. The lowest BCUT2D eigenvalue weighted by atomic mass is 10.3. The molecule has 0 radical (unpaired) electrons. The number of thiazole rings is 1. The fraction of sp³-hybridized carbons (Fsp3) is 0.154. The van der Waals surface area contributed by atoms with E-state index in [9.17, 15) is 4.79 Å². The van der Waals surface area contributed by atoms with Crippen molar-refractivity contribution >= 4 is 49.8 Å². The molecule has 0 fully saturated rings. The molecular weight excluding hydrogens is 356 g/mol. The van der Waals surface area contributed by atoms with Gasteiger partial charge < -0.3 is 10.5 Å². The predicted molar refractivity (Wildman–Crippen MR) is 87.5 cm³/mol. The molecule has 1 aromatic carbocycles. The Morgan fingerprint density at radius 1 is 1.52 bits per heavy atom. The number of hydrogen-bond acceptors (Lipinski definition) is 7. The SMILES string of the molecule is CCOC(=O)C(=NNc1ccccc1Br)c1csc(N)n1. The van der Waals surface area contributed by atoms with Gasteiger partial charge in [-0.1, -0.05) is 12.1 Å². The molecule has 1 aromatic heterocycles. The largest absolute Gasteiger partial charge is 0.461 e. The number of nitrogens with two attached hydrogens (primary N) is 1. The zero-order valence-corrected chi connectivity index (χ0v) is 13.6. The van der Waals surface area contributed by atoms with Crippen LogP contribution >= 0.6 is 27.3 Å². The van der Waals surface area contributed by atoms with Crippen molar-refractivity contribution in [2.75, 3.05) is 17.8 Å². The van der Waals surface area contributed by atoms with Gasteiger partial charge in [-0.05, 0) is 35.0 Å². The minimum absolute atomic E-state index is 0.0838. The quantitative estimate of drug-likeness (QED) is 0.481. The summed E-state index contributed by atoms with van der Waals surface area (Å²) < 4.78 is 5.82. The van der Waals surface area contributed by atoms with Gasteiger partial charge in [-0.25, -0.2) is 9.78 Å². The van der Waals surface area contributed by atoms with Crippen LogP contribution in [0.3, 0.4) is 0 Å². The molecular formula is C13H13BrN4O2S. The number of nitrogen functional groups attached to an aromatic ring is 1. The number of nitrogens with zero attached hydrogens (tertiary/aromatic N) is 2. The smallest absolute Gasteiger partial charge is 0.361 e. The van der Waals surface area contributed by atoms with Crippen LogP contribution in [0, 0.1) is 0 Å². The molecule has 0 aliphatic heterocycles. The molecule has 21 heavy (non-hydrogen) atoms. The van der Waals surface area contributed by atoms with Crippen molar-refractivity contribution < 1.29 is 9.53 Å². The van der Waals surface area contributed by atoms with Crippen LogP contribution in [-0.2, 0) is 9.53 Å². The fourth-order valence-corrected chi connectivity index (χ4v) is 2.39. The number of hydrazone groups is 1. The van der Waals surface area contributed by atoms with Crippen LogP contribution in [0.4, 0.5) is 10.8 Å². The van der Waals surface area contributed by atoms with E-state index in [1.165, 1.54) is 11.3 Å². The van der Waals surface area contributed by atoms with Crippen molar-refractivity contribution in [3.63, 3.8) is 0 Å². The van der Waals surface area contributed by atoms with Gasteiger partial charge in [0.15, 0.2) is 10.8 Å². The molecule has 0 aliphatic carbocycles. The Labute approximate surface area is 134 Å². The Hall–Kier alpha value is -1.93. The van der Waals surface area contributed by atoms with Gasteiger partial charge in [0.2, 0.25) is 0 Å². The molecule has 8 heteroatoms. The van der Waals surface area contributed by atoms with E-state index in [2.05, 4.69) is 31.4 Å². The average molecular weight is 369 g/mol. The maximum Gasteiger partial charge on any atom is 0.361 e. The maximum atomic E-state index is 12.0. The maximum absolute atomic E-state index is 12.0. The highest BCUT2D eigenvalue weighted by atomic mass is 79.9. The number of carbonyl (C=O) groups is 1. The Morgan fingerprint density at radius 3 is 2.90 bits per heavy atom. The number of nitrogens with one attached hydrogen (secondary N) is 1. The lowest BCUT2D eigenvalue weighted by molar-refractivity contribution is -0.134. The monoisotopic (exact) mass is 368 g/mol. The number of esters is 1. The molecule has 6 nitrogen and oxygen atoms in total. The van der Waals surface area contributed by atoms with E-state index >= 15 is 0 Å². The molecule has 0 spiro atoms. The Balaban J connectivity index is 2.29. The number of benzene rings is 1. The van der Waals surface area contributed by atoms with E-state index in [1.54, 1.807) is 12.3 Å². The molecule has 0 saturated carbocycles. The average Bonchev–Trinajstić information content (AvgIpc) is 2.88. The summed E-state index contributed by atoms with van der Waals surface area (Å²) in [6, 6.07) is 7.42.